The molecule has 0 aromatic heterocycles. The highest BCUT2D eigenvalue weighted by molar-refractivity contribution is 6.02. The van der Waals surface area contributed by atoms with Gasteiger partial charge in [0.2, 0.25) is 11.7 Å². The number of amides is 1. The number of nitrogens with zero attached hydrogens (tertiary/aromatic N) is 1. The summed E-state index contributed by atoms with van der Waals surface area (Å²) in [5.74, 6) is -1.33. The summed E-state index contributed by atoms with van der Waals surface area (Å²) >= 11 is 0. The third kappa shape index (κ3) is 4.62. The summed E-state index contributed by atoms with van der Waals surface area (Å²) in [6, 6.07) is 8.22. The van der Waals surface area contributed by atoms with Crippen LogP contribution in [0.4, 0.5) is 15.8 Å². The average molecular weight is 360 g/mol. The van der Waals surface area contributed by atoms with Gasteiger partial charge in [-0.2, -0.15) is 4.39 Å². The molecule has 0 aliphatic carbocycles. The smallest absolute Gasteiger partial charge is 0.306 e. The zero-order valence-corrected chi connectivity index (χ0v) is 14.2. The van der Waals surface area contributed by atoms with Crippen LogP contribution in [0, 0.1) is 22.9 Å². The van der Waals surface area contributed by atoms with Crippen LogP contribution in [0.5, 0.6) is 5.75 Å². The molecule has 0 atom stereocenters. The molecule has 1 N–H and O–H groups in total. The normalized spacial score (nSPS) is 10.3. The molecule has 1 amide bonds. The molecule has 26 heavy (non-hydrogen) atoms. The second kappa shape index (κ2) is 8.19. The van der Waals surface area contributed by atoms with E-state index < -0.39 is 22.3 Å². The summed E-state index contributed by atoms with van der Waals surface area (Å²) < 4.78 is 18.4. The van der Waals surface area contributed by atoms with E-state index in [9.17, 15) is 24.1 Å². The topological polar surface area (TPSA) is 98.5 Å². The molecule has 2 rings (SSSR count). The van der Waals surface area contributed by atoms with E-state index in [-0.39, 0.29) is 24.3 Å². The van der Waals surface area contributed by atoms with Crippen molar-refractivity contribution in [2.45, 2.75) is 19.8 Å². The van der Waals surface area contributed by atoms with Crippen molar-refractivity contribution in [3.05, 3.63) is 63.5 Å². The number of ether oxygens (including phenoxy) is 1. The Kier molecular flexibility index (Phi) is 6.00. The number of nitro groups is 1. The Morgan fingerprint density at radius 3 is 2.58 bits per heavy atom. The summed E-state index contributed by atoms with van der Waals surface area (Å²) in [6.07, 6.45) is -0.184. The van der Waals surface area contributed by atoms with Crippen LogP contribution in [0.25, 0.3) is 0 Å². The van der Waals surface area contributed by atoms with Gasteiger partial charge in [-0.25, -0.2) is 0 Å². The number of halogens is 1. The maximum atomic E-state index is 13.3. The summed E-state index contributed by atoms with van der Waals surface area (Å²) in [7, 11) is 1.45. The van der Waals surface area contributed by atoms with E-state index in [0.29, 0.717) is 11.3 Å². The summed E-state index contributed by atoms with van der Waals surface area (Å²) in [5, 5.41) is 13.1. The third-order valence-corrected chi connectivity index (χ3v) is 3.66. The first kappa shape index (κ1) is 19.0. The number of rotatable bonds is 7. The molecular formula is C18H17FN2O5. The van der Waals surface area contributed by atoms with Crippen molar-refractivity contribution in [2.75, 3.05) is 12.4 Å². The van der Waals surface area contributed by atoms with Gasteiger partial charge in [-0.3, -0.25) is 19.7 Å². The Labute approximate surface area is 148 Å². The van der Waals surface area contributed by atoms with E-state index in [1.54, 1.807) is 12.1 Å². The van der Waals surface area contributed by atoms with Crippen LogP contribution in [-0.2, 0) is 4.79 Å². The standard InChI is InChI=1S/C18H17FN2O5/c1-11-3-7-17(26-2)13(9-11)16(22)6-8-18(23)20-12-4-5-14(19)15(10-12)21(24)25/h3-5,7,9-10H,6,8H2,1-2H3,(H,20,23). The molecule has 2 aromatic carbocycles. The van der Waals surface area contributed by atoms with Gasteiger partial charge in [-0.05, 0) is 31.2 Å². The van der Waals surface area contributed by atoms with Gasteiger partial charge in [0.25, 0.3) is 0 Å². The molecule has 0 saturated heterocycles. The Morgan fingerprint density at radius 2 is 1.92 bits per heavy atom. The van der Waals surface area contributed by atoms with Gasteiger partial charge in [0.15, 0.2) is 5.78 Å². The Hall–Kier alpha value is -3.29. The fraction of sp³-hybridized carbons (Fsp3) is 0.222. The minimum atomic E-state index is -0.991. The molecular weight excluding hydrogens is 343 g/mol. The lowest BCUT2D eigenvalue weighted by Crippen LogP contribution is -2.14. The second-order valence-electron chi connectivity index (χ2n) is 5.60. The van der Waals surface area contributed by atoms with Gasteiger partial charge in [0, 0.05) is 24.6 Å². The molecule has 7 nitrogen and oxygen atoms in total. The molecule has 0 fully saturated rings. The predicted molar refractivity (Wildman–Crippen MR) is 93.0 cm³/mol. The molecule has 2 aromatic rings. The third-order valence-electron chi connectivity index (χ3n) is 3.66. The number of nitrogens with one attached hydrogen (secondary N) is 1. The van der Waals surface area contributed by atoms with Crippen LogP contribution in [0.3, 0.4) is 0 Å². The highest BCUT2D eigenvalue weighted by atomic mass is 19.1. The van der Waals surface area contributed by atoms with Gasteiger partial charge in [-0.15, -0.1) is 0 Å². The number of benzene rings is 2. The van der Waals surface area contributed by atoms with Crippen molar-refractivity contribution in [2.24, 2.45) is 0 Å². The molecule has 0 aliphatic rings. The summed E-state index contributed by atoms with van der Waals surface area (Å²) in [6.45, 7) is 1.84. The first-order chi connectivity index (χ1) is 12.3. The lowest BCUT2D eigenvalue weighted by Gasteiger charge is -2.09. The lowest BCUT2D eigenvalue weighted by molar-refractivity contribution is -0.387. The molecule has 0 spiro atoms. The second-order valence-corrected chi connectivity index (χ2v) is 5.60. The molecule has 0 unspecified atom stereocenters. The van der Waals surface area contributed by atoms with Crippen molar-refractivity contribution in [3.63, 3.8) is 0 Å². The number of Topliss-reactive ketones (excluding diaryl/α,β-unsaturated/α-hetero) is 1. The number of ketones is 1. The molecule has 0 heterocycles. The largest absolute Gasteiger partial charge is 0.496 e. The van der Waals surface area contributed by atoms with Crippen molar-refractivity contribution in [1.82, 2.24) is 0 Å². The SMILES string of the molecule is COc1ccc(C)cc1C(=O)CCC(=O)Nc1ccc(F)c([N+](=O)[O-])c1. The van der Waals surface area contributed by atoms with E-state index in [1.807, 2.05) is 13.0 Å². The number of methoxy groups -OCH3 is 1. The fourth-order valence-corrected chi connectivity index (χ4v) is 2.36. The number of anilines is 1. The summed E-state index contributed by atoms with van der Waals surface area (Å²) in [4.78, 5) is 34.1. The number of hydrogen-bond acceptors (Lipinski definition) is 5. The maximum Gasteiger partial charge on any atom is 0.306 e. The Bertz CT molecular complexity index is 867. The van der Waals surface area contributed by atoms with Crippen LogP contribution >= 0.6 is 0 Å². The number of aryl methyl sites for hydroxylation is 1. The predicted octanol–water partition coefficient (Wildman–Crippen LogP) is 3.65. The minimum absolute atomic E-state index is 0.0606. The average Bonchev–Trinajstić information content (AvgIpc) is 2.61. The minimum Gasteiger partial charge on any atom is -0.496 e. The fourth-order valence-electron chi connectivity index (χ4n) is 2.36. The summed E-state index contributed by atoms with van der Waals surface area (Å²) in [5.41, 5.74) is 0.627. The van der Waals surface area contributed by atoms with Crippen molar-refractivity contribution >= 4 is 23.1 Å². The number of hydrogen-bond donors (Lipinski definition) is 1. The Balaban J connectivity index is 2.01. The zero-order chi connectivity index (χ0) is 19.3. The molecule has 8 heteroatoms. The zero-order valence-electron chi connectivity index (χ0n) is 14.2. The first-order valence-corrected chi connectivity index (χ1v) is 7.73. The van der Waals surface area contributed by atoms with E-state index in [1.165, 1.54) is 13.2 Å². The van der Waals surface area contributed by atoms with Gasteiger partial charge in [0.05, 0.1) is 17.6 Å². The number of nitro benzene ring substituents is 1. The molecule has 0 bridgehead atoms. The monoisotopic (exact) mass is 360 g/mol. The van der Waals surface area contributed by atoms with Crippen LogP contribution in [0.2, 0.25) is 0 Å². The van der Waals surface area contributed by atoms with Crippen LogP contribution in [-0.4, -0.2) is 23.7 Å². The Morgan fingerprint density at radius 1 is 1.19 bits per heavy atom. The lowest BCUT2D eigenvalue weighted by atomic mass is 10.0. The highest BCUT2D eigenvalue weighted by Crippen LogP contribution is 2.23. The molecule has 0 radical (unpaired) electrons. The van der Waals surface area contributed by atoms with Crippen LogP contribution in [0.1, 0.15) is 28.8 Å². The number of carbonyl (C=O) groups is 2. The number of carbonyl (C=O) groups excluding carboxylic acids is 2. The van der Waals surface area contributed by atoms with Crippen molar-refractivity contribution < 1.29 is 23.6 Å². The van der Waals surface area contributed by atoms with E-state index in [2.05, 4.69) is 5.32 Å². The van der Waals surface area contributed by atoms with Gasteiger partial charge >= 0.3 is 5.69 Å². The van der Waals surface area contributed by atoms with E-state index >= 15 is 0 Å². The van der Waals surface area contributed by atoms with E-state index in [4.69, 9.17) is 4.74 Å². The van der Waals surface area contributed by atoms with Gasteiger partial charge in [-0.1, -0.05) is 11.6 Å². The maximum absolute atomic E-state index is 13.3. The highest BCUT2D eigenvalue weighted by Gasteiger charge is 2.17. The van der Waals surface area contributed by atoms with Gasteiger partial charge < -0.3 is 10.1 Å². The quantitative estimate of drug-likeness (QED) is 0.462. The van der Waals surface area contributed by atoms with E-state index in [0.717, 1.165) is 17.7 Å². The molecule has 0 saturated carbocycles. The molecule has 136 valence electrons. The van der Waals surface area contributed by atoms with Crippen LogP contribution < -0.4 is 10.1 Å². The van der Waals surface area contributed by atoms with Crippen molar-refractivity contribution in [1.29, 1.82) is 0 Å². The van der Waals surface area contributed by atoms with Crippen LogP contribution in [0.15, 0.2) is 36.4 Å². The molecule has 0 aliphatic heterocycles. The first-order valence-electron chi connectivity index (χ1n) is 7.73. The van der Waals surface area contributed by atoms with Crippen molar-refractivity contribution in [3.8, 4) is 5.75 Å². The van der Waals surface area contributed by atoms with Gasteiger partial charge in [0.1, 0.15) is 5.75 Å².